The van der Waals surface area contributed by atoms with Gasteiger partial charge in [0.05, 0.1) is 17.8 Å². The van der Waals surface area contributed by atoms with E-state index in [9.17, 15) is 5.11 Å². The molecular weight excluding hydrogens is 331 g/mol. The van der Waals surface area contributed by atoms with Crippen molar-refractivity contribution in [2.24, 2.45) is 0 Å². The summed E-state index contributed by atoms with van der Waals surface area (Å²) in [4.78, 5) is 0. The van der Waals surface area contributed by atoms with Gasteiger partial charge in [0, 0.05) is 5.33 Å². The lowest BCUT2D eigenvalue weighted by Crippen LogP contribution is -2.41. The molecule has 1 aliphatic heterocycles. The van der Waals surface area contributed by atoms with Crippen LogP contribution in [0.4, 0.5) is 0 Å². The normalized spacial score (nSPS) is 20.9. The Morgan fingerprint density at radius 2 is 1.86 bits per heavy atom. The third-order valence-electron chi connectivity index (χ3n) is 4.20. The van der Waals surface area contributed by atoms with E-state index < -0.39 is 18.3 Å². The first-order valence-corrected chi connectivity index (χ1v) is 8.23. The lowest BCUT2D eigenvalue weighted by molar-refractivity contribution is 0.00578. The second kappa shape index (κ2) is 6.25. The Bertz CT molecular complexity index is 524. The fourth-order valence-electron chi connectivity index (χ4n) is 2.16. The van der Waals surface area contributed by atoms with E-state index in [1.807, 2.05) is 45.9 Å². The molecule has 0 aliphatic carbocycles. The standard InChI is InChI=1S/C16H22BBrO3/c1-15(2)16(3,4)21-17(20-15)14(11-19)9-12-6-5-7-13(8-12)10-18/h5-9,19H,10-11H2,1-4H3. The number of benzene rings is 1. The van der Waals surface area contributed by atoms with Crippen LogP contribution >= 0.6 is 15.9 Å². The van der Waals surface area contributed by atoms with Gasteiger partial charge in [-0.25, -0.2) is 0 Å². The molecule has 1 N–H and O–H groups in total. The van der Waals surface area contributed by atoms with Crippen LogP contribution in [0.25, 0.3) is 6.08 Å². The Morgan fingerprint density at radius 3 is 2.38 bits per heavy atom. The van der Waals surface area contributed by atoms with E-state index in [2.05, 4.69) is 28.1 Å². The molecule has 114 valence electrons. The first-order chi connectivity index (χ1) is 9.79. The van der Waals surface area contributed by atoms with Gasteiger partial charge >= 0.3 is 7.12 Å². The lowest BCUT2D eigenvalue weighted by Gasteiger charge is -2.32. The van der Waals surface area contributed by atoms with Crippen LogP contribution in [0.5, 0.6) is 0 Å². The molecule has 1 saturated heterocycles. The van der Waals surface area contributed by atoms with Gasteiger partial charge in [-0.05, 0) is 44.3 Å². The minimum atomic E-state index is -0.507. The molecule has 0 unspecified atom stereocenters. The van der Waals surface area contributed by atoms with Crippen molar-refractivity contribution >= 4 is 29.1 Å². The van der Waals surface area contributed by atoms with Crippen LogP contribution in [0.1, 0.15) is 38.8 Å². The van der Waals surface area contributed by atoms with Gasteiger partial charge in [-0.2, -0.15) is 0 Å². The molecular formula is C16H22BBrO3. The minimum Gasteiger partial charge on any atom is -0.400 e. The predicted octanol–water partition coefficient (Wildman–Crippen LogP) is 3.59. The summed E-state index contributed by atoms with van der Waals surface area (Å²) in [6, 6.07) is 8.14. The maximum absolute atomic E-state index is 9.68. The Labute approximate surface area is 135 Å². The lowest BCUT2D eigenvalue weighted by atomic mass is 9.77. The SMILES string of the molecule is CC1(C)OB(C(=Cc2cccc(CBr)c2)CO)OC1(C)C. The molecule has 0 amide bonds. The van der Waals surface area contributed by atoms with E-state index in [1.165, 1.54) is 5.56 Å². The number of halogens is 1. The van der Waals surface area contributed by atoms with Gasteiger partial charge in [0.15, 0.2) is 0 Å². The molecule has 3 nitrogen and oxygen atoms in total. The average molecular weight is 353 g/mol. The summed E-state index contributed by atoms with van der Waals surface area (Å²) in [5, 5.41) is 10.5. The fourth-order valence-corrected chi connectivity index (χ4v) is 2.51. The zero-order chi connectivity index (χ0) is 15.7. The smallest absolute Gasteiger partial charge is 0.400 e. The summed E-state index contributed by atoms with van der Waals surface area (Å²) < 4.78 is 12.0. The van der Waals surface area contributed by atoms with Crippen molar-refractivity contribution in [2.75, 3.05) is 6.61 Å². The first-order valence-electron chi connectivity index (χ1n) is 7.11. The highest BCUT2D eigenvalue weighted by Gasteiger charge is 2.52. The number of aliphatic hydroxyl groups excluding tert-OH is 1. The van der Waals surface area contributed by atoms with E-state index in [-0.39, 0.29) is 6.61 Å². The molecule has 1 aliphatic rings. The van der Waals surface area contributed by atoms with Crippen molar-refractivity contribution in [3.05, 3.63) is 40.9 Å². The molecule has 1 aromatic carbocycles. The summed E-state index contributed by atoms with van der Waals surface area (Å²) >= 11 is 3.45. The van der Waals surface area contributed by atoms with Gasteiger partial charge in [0.25, 0.3) is 0 Å². The summed E-state index contributed by atoms with van der Waals surface area (Å²) in [6.45, 7) is 7.94. The topological polar surface area (TPSA) is 38.7 Å². The quantitative estimate of drug-likeness (QED) is 0.664. The number of hydrogen-bond acceptors (Lipinski definition) is 3. The Balaban J connectivity index is 2.26. The maximum Gasteiger partial charge on any atom is 0.492 e. The molecule has 0 aromatic heterocycles. The fraction of sp³-hybridized carbons (Fsp3) is 0.500. The van der Waals surface area contributed by atoms with Crippen molar-refractivity contribution in [1.29, 1.82) is 0 Å². The van der Waals surface area contributed by atoms with Crippen molar-refractivity contribution in [2.45, 2.75) is 44.2 Å². The average Bonchev–Trinajstić information content (AvgIpc) is 2.65. The van der Waals surface area contributed by atoms with Gasteiger partial charge in [-0.3, -0.25) is 0 Å². The van der Waals surface area contributed by atoms with Crippen molar-refractivity contribution < 1.29 is 14.4 Å². The van der Waals surface area contributed by atoms with Gasteiger partial charge in [0.2, 0.25) is 0 Å². The Hall–Kier alpha value is -0.615. The van der Waals surface area contributed by atoms with E-state index in [1.54, 1.807) is 0 Å². The van der Waals surface area contributed by atoms with Crippen LogP contribution in [0, 0.1) is 0 Å². The summed E-state index contributed by atoms with van der Waals surface area (Å²) in [5.41, 5.74) is 2.16. The van der Waals surface area contributed by atoms with Gasteiger partial charge in [-0.15, -0.1) is 0 Å². The number of alkyl halides is 1. The van der Waals surface area contributed by atoms with Crippen molar-refractivity contribution in [3.8, 4) is 0 Å². The molecule has 0 saturated carbocycles. The number of rotatable bonds is 4. The largest absolute Gasteiger partial charge is 0.492 e. The molecule has 0 atom stereocenters. The third-order valence-corrected chi connectivity index (χ3v) is 4.84. The highest BCUT2D eigenvalue weighted by atomic mass is 79.9. The molecule has 0 spiro atoms. The molecule has 21 heavy (non-hydrogen) atoms. The van der Waals surface area contributed by atoms with Crippen LogP contribution in [0.2, 0.25) is 0 Å². The monoisotopic (exact) mass is 352 g/mol. The molecule has 0 bridgehead atoms. The molecule has 1 heterocycles. The summed E-state index contributed by atoms with van der Waals surface area (Å²) in [7, 11) is -0.507. The van der Waals surface area contributed by atoms with E-state index >= 15 is 0 Å². The highest BCUT2D eigenvalue weighted by Crippen LogP contribution is 2.38. The summed E-state index contributed by atoms with van der Waals surface area (Å²) in [6.07, 6.45) is 1.94. The number of hydrogen-bond donors (Lipinski definition) is 1. The van der Waals surface area contributed by atoms with Crippen molar-refractivity contribution in [1.82, 2.24) is 0 Å². The second-order valence-electron chi connectivity index (χ2n) is 6.34. The highest BCUT2D eigenvalue weighted by molar-refractivity contribution is 9.08. The van der Waals surface area contributed by atoms with Crippen LogP contribution in [0.3, 0.4) is 0 Å². The van der Waals surface area contributed by atoms with Crippen LogP contribution < -0.4 is 0 Å². The zero-order valence-electron chi connectivity index (χ0n) is 13.0. The molecule has 0 radical (unpaired) electrons. The van der Waals surface area contributed by atoms with E-state index in [0.717, 1.165) is 16.4 Å². The van der Waals surface area contributed by atoms with Crippen molar-refractivity contribution in [3.63, 3.8) is 0 Å². The maximum atomic E-state index is 9.68. The van der Waals surface area contributed by atoms with Gasteiger partial charge in [0.1, 0.15) is 0 Å². The van der Waals surface area contributed by atoms with Gasteiger partial charge < -0.3 is 14.4 Å². The predicted molar refractivity (Wildman–Crippen MR) is 90.2 cm³/mol. The number of aliphatic hydroxyl groups is 1. The minimum absolute atomic E-state index is 0.0879. The van der Waals surface area contributed by atoms with Gasteiger partial charge in [-0.1, -0.05) is 46.3 Å². The van der Waals surface area contributed by atoms with E-state index in [4.69, 9.17) is 9.31 Å². The zero-order valence-corrected chi connectivity index (χ0v) is 14.6. The first kappa shape index (κ1) is 16.8. The van der Waals surface area contributed by atoms with Crippen LogP contribution in [-0.2, 0) is 14.6 Å². The molecule has 2 rings (SSSR count). The van der Waals surface area contributed by atoms with Crippen LogP contribution in [0.15, 0.2) is 29.7 Å². The third kappa shape index (κ3) is 3.59. The molecule has 5 heteroatoms. The molecule has 1 aromatic rings. The van der Waals surface area contributed by atoms with E-state index in [0.29, 0.717) is 0 Å². The van der Waals surface area contributed by atoms with Crippen LogP contribution in [-0.4, -0.2) is 30.0 Å². The summed E-state index contributed by atoms with van der Waals surface area (Å²) in [5.74, 6) is 0. The Morgan fingerprint density at radius 1 is 1.24 bits per heavy atom. The Kier molecular flexibility index (Phi) is 4.98. The molecule has 1 fully saturated rings. The second-order valence-corrected chi connectivity index (χ2v) is 6.91.